The van der Waals surface area contributed by atoms with Crippen LogP contribution < -0.4 is 10.5 Å². The Bertz CT molecular complexity index is 770. The van der Waals surface area contributed by atoms with E-state index < -0.39 is 10.0 Å². The van der Waals surface area contributed by atoms with Crippen molar-refractivity contribution in [3.8, 4) is 0 Å². The van der Waals surface area contributed by atoms with Crippen molar-refractivity contribution in [1.82, 2.24) is 0 Å². The molecule has 21 heavy (non-hydrogen) atoms. The molecule has 4 nitrogen and oxygen atoms in total. The zero-order valence-electron chi connectivity index (χ0n) is 10.2. The first-order valence-electron chi connectivity index (χ1n) is 5.43. The van der Waals surface area contributed by atoms with Crippen LogP contribution in [0.3, 0.4) is 0 Å². The molecule has 0 spiro atoms. The molecule has 0 heterocycles. The lowest BCUT2D eigenvalue weighted by atomic mass is 10.3. The highest BCUT2D eigenvalue weighted by molar-refractivity contribution is 9.11. The minimum absolute atomic E-state index is 0.0457. The molecule has 0 radical (unpaired) electrons. The maximum Gasteiger partial charge on any atom is 0.264 e. The average molecular weight is 475 g/mol. The van der Waals surface area contributed by atoms with Crippen molar-refractivity contribution in [3.05, 3.63) is 49.3 Å². The quantitative estimate of drug-likeness (QED) is 0.621. The molecule has 0 aliphatic rings. The number of halogens is 4. The summed E-state index contributed by atoms with van der Waals surface area (Å²) in [7, 11) is -3.97. The van der Waals surface area contributed by atoms with Crippen LogP contribution in [-0.4, -0.2) is 8.42 Å². The van der Waals surface area contributed by atoms with E-state index in [2.05, 4.69) is 36.6 Å². The number of hydrogen-bond donors (Lipinski definition) is 2. The molecule has 0 amide bonds. The van der Waals surface area contributed by atoms with Gasteiger partial charge in [-0.05, 0) is 56.1 Å². The highest BCUT2D eigenvalue weighted by Gasteiger charge is 2.24. The smallest absolute Gasteiger partial charge is 0.264 e. The Morgan fingerprint density at radius 3 is 2.00 bits per heavy atom. The van der Waals surface area contributed by atoms with Gasteiger partial charge in [-0.1, -0.05) is 29.3 Å². The first-order valence-corrected chi connectivity index (χ1v) is 9.26. The van der Waals surface area contributed by atoms with Crippen molar-refractivity contribution < 1.29 is 8.42 Å². The molecule has 0 fully saturated rings. The number of hydrogen-bond acceptors (Lipinski definition) is 3. The zero-order chi connectivity index (χ0) is 15.8. The van der Waals surface area contributed by atoms with Crippen molar-refractivity contribution >= 4 is 76.5 Å². The minimum atomic E-state index is -3.97. The van der Waals surface area contributed by atoms with Crippen molar-refractivity contribution in [1.29, 1.82) is 0 Å². The number of rotatable bonds is 3. The average Bonchev–Trinajstić information content (AvgIpc) is 2.32. The third-order valence-electron chi connectivity index (χ3n) is 2.49. The Labute approximate surface area is 148 Å². The third-order valence-corrected chi connectivity index (χ3v) is 6.08. The van der Waals surface area contributed by atoms with Gasteiger partial charge in [0.1, 0.15) is 4.90 Å². The van der Waals surface area contributed by atoms with Crippen LogP contribution in [0.1, 0.15) is 0 Å². The van der Waals surface area contributed by atoms with Crippen molar-refractivity contribution in [2.75, 3.05) is 10.5 Å². The minimum Gasteiger partial charge on any atom is -0.399 e. The van der Waals surface area contributed by atoms with Gasteiger partial charge in [-0.25, -0.2) is 8.42 Å². The molecule has 0 aliphatic carbocycles. The van der Waals surface area contributed by atoms with Gasteiger partial charge in [0, 0.05) is 14.6 Å². The molecular weight excluding hydrogens is 467 g/mol. The highest BCUT2D eigenvalue weighted by Crippen LogP contribution is 2.36. The number of nitrogens with two attached hydrogens (primary N) is 1. The monoisotopic (exact) mass is 472 g/mol. The summed E-state index contributed by atoms with van der Waals surface area (Å²) in [5.41, 5.74) is 6.21. The van der Waals surface area contributed by atoms with Crippen molar-refractivity contribution in [3.63, 3.8) is 0 Å². The normalized spacial score (nSPS) is 11.4. The van der Waals surface area contributed by atoms with Crippen LogP contribution in [0.25, 0.3) is 0 Å². The van der Waals surface area contributed by atoms with Gasteiger partial charge in [0.05, 0.1) is 15.7 Å². The number of anilines is 2. The lowest BCUT2D eigenvalue weighted by molar-refractivity contribution is 0.601. The number of sulfonamides is 1. The summed E-state index contributed by atoms with van der Waals surface area (Å²) < 4.78 is 28.6. The third kappa shape index (κ3) is 3.65. The molecule has 0 saturated carbocycles. The first-order chi connectivity index (χ1) is 9.72. The molecule has 9 heteroatoms. The molecule has 112 valence electrons. The van der Waals surface area contributed by atoms with Crippen LogP contribution in [0.5, 0.6) is 0 Å². The fourth-order valence-corrected chi connectivity index (χ4v) is 5.41. The van der Waals surface area contributed by atoms with Crippen molar-refractivity contribution in [2.24, 2.45) is 0 Å². The SMILES string of the molecule is Nc1cc(Cl)c(S(=O)(=O)Nc2c(Br)cccc2Br)c(Cl)c1. The summed E-state index contributed by atoms with van der Waals surface area (Å²) in [6, 6.07) is 7.83. The Morgan fingerprint density at radius 2 is 1.52 bits per heavy atom. The maximum atomic E-state index is 12.5. The molecule has 0 aromatic heterocycles. The predicted octanol–water partition coefficient (Wildman–Crippen LogP) is 4.90. The standard InChI is InChI=1S/C12H8Br2Cl2N2O2S/c13-7-2-1-3-8(14)11(7)18-21(19,20)12-9(15)4-6(17)5-10(12)16/h1-5,18H,17H2. The number of para-hydroxylation sites is 1. The molecule has 0 unspecified atom stereocenters. The van der Waals surface area contributed by atoms with Crippen LogP contribution in [-0.2, 0) is 10.0 Å². The summed E-state index contributed by atoms with van der Waals surface area (Å²) in [5.74, 6) is 0. The second-order valence-corrected chi connectivity index (χ2v) is 8.16. The summed E-state index contributed by atoms with van der Waals surface area (Å²) in [6.45, 7) is 0. The largest absolute Gasteiger partial charge is 0.399 e. The topological polar surface area (TPSA) is 72.2 Å². The first kappa shape index (κ1) is 16.9. The molecule has 2 aromatic carbocycles. The fraction of sp³-hybridized carbons (Fsp3) is 0. The predicted molar refractivity (Wildman–Crippen MR) is 93.5 cm³/mol. The van der Waals surface area contributed by atoms with E-state index in [4.69, 9.17) is 28.9 Å². The molecule has 3 N–H and O–H groups in total. The van der Waals surface area contributed by atoms with Crippen LogP contribution in [0, 0.1) is 0 Å². The van der Waals surface area contributed by atoms with Gasteiger partial charge in [0.25, 0.3) is 10.0 Å². The molecule has 0 saturated heterocycles. The zero-order valence-corrected chi connectivity index (χ0v) is 15.7. The molecule has 0 aliphatic heterocycles. The van der Waals surface area contributed by atoms with Gasteiger partial charge in [0.15, 0.2) is 0 Å². The molecule has 2 rings (SSSR count). The van der Waals surface area contributed by atoms with Crippen molar-refractivity contribution in [2.45, 2.75) is 4.90 Å². The lowest BCUT2D eigenvalue weighted by Crippen LogP contribution is -2.15. The summed E-state index contributed by atoms with van der Waals surface area (Å²) >= 11 is 18.5. The van der Waals surface area contributed by atoms with Crippen LogP contribution in [0.15, 0.2) is 44.2 Å². The fourth-order valence-electron chi connectivity index (χ4n) is 1.62. The van der Waals surface area contributed by atoms with E-state index in [0.717, 1.165) is 0 Å². The Hall–Kier alpha value is -0.470. The van der Waals surface area contributed by atoms with Gasteiger partial charge in [0.2, 0.25) is 0 Å². The van der Waals surface area contributed by atoms with E-state index in [1.165, 1.54) is 12.1 Å². The second kappa shape index (κ2) is 6.34. The summed E-state index contributed by atoms with van der Waals surface area (Å²) in [6.07, 6.45) is 0. The van der Waals surface area contributed by atoms with E-state index in [0.29, 0.717) is 14.6 Å². The lowest BCUT2D eigenvalue weighted by Gasteiger charge is -2.14. The van der Waals surface area contributed by atoms with Crippen LogP contribution in [0.2, 0.25) is 10.0 Å². The van der Waals surface area contributed by atoms with Gasteiger partial charge >= 0.3 is 0 Å². The molecule has 2 aromatic rings. The summed E-state index contributed by atoms with van der Waals surface area (Å²) in [5, 5.41) is -0.0913. The van der Waals surface area contributed by atoms with Gasteiger partial charge in [-0.2, -0.15) is 0 Å². The van der Waals surface area contributed by atoms with E-state index in [1.54, 1.807) is 18.2 Å². The van der Waals surface area contributed by atoms with Gasteiger partial charge in [-0.3, -0.25) is 4.72 Å². The number of nitrogens with one attached hydrogen (secondary N) is 1. The number of nitrogen functional groups attached to an aromatic ring is 1. The molecule has 0 bridgehead atoms. The van der Waals surface area contributed by atoms with E-state index in [9.17, 15) is 8.42 Å². The Balaban J connectivity index is 2.54. The van der Waals surface area contributed by atoms with Gasteiger partial charge in [-0.15, -0.1) is 0 Å². The van der Waals surface area contributed by atoms with E-state index >= 15 is 0 Å². The number of benzene rings is 2. The Kier molecular flexibility index (Phi) is 5.10. The maximum absolute atomic E-state index is 12.5. The van der Waals surface area contributed by atoms with E-state index in [-0.39, 0.29) is 20.6 Å². The Morgan fingerprint density at radius 1 is 1.05 bits per heavy atom. The highest BCUT2D eigenvalue weighted by atomic mass is 79.9. The van der Waals surface area contributed by atoms with Crippen LogP contribution in [0.4, 0.5) is 11.4 Å². The summed E-state index contributed by atoms with van der Waals surface area (Å²) in [4.78, 5) is -0.220. The van der Waals surface area contributed by atoms with E-state index in [1.807, 2.05) is 0 Å². The molecular formula is C12H8Br2Cl2N2O2S. The van der Waals surface area contributed by atoms with Gasteiger partial charge < -0.3 is 5.73 Å². The molecule has 0 atom stereocenters. The second-order valence-electron chi connectivity index (χ2n) is 4.02. The van der Waals surface area contributed by atoms with Crippen LogP contribution >= 0.6 is 55.1 Å².